The van der Waals surface area contributed by atoms with Crippen molar-refractivity contribution in [1.29, 1.82) is 0 Å². The molecule has 0 saturated carbocycles. The molecular weight excluding hydrogens is 290 g/mol. The second-order valence-electron chi connectivity index (χ2n) is 4.79. The number of benzene rings is 1. The molecule has 0 bridgehead atoms. The van der Waals surface area contributed by atoms with Gasteiger partial charge in [-0.25, -0.2) is 4.79 Å². The Morgan fingerprint density at radius 1 is 1.33 bits per heavy atom. The molecule has 0 aliphatic carbocycles. The standard InChI is InChI=1S/C13H17N5O2S/c1-17(2)8-7-14-12(21)16-18-11(19)9-5-3-4-6-10(9)15-13(18)20/h3-6H,7-8H2,1-2H3,(H,15,20)(H2,14,16,21). The first-order chi connectivity index (χ1) is 9.99. The van der Waals surface area contributed by atoms with Crippen LogP contribution in [0.5, 0.6) is 0 Å². The Hall–Kier alpha value is -2.19. The number of rotatable bonds is 4. The van der Waals surface area contributed by atoms with E-state index in [1.54, 1.807) is 24.3 Å². The lowest BCUT2D eigenvalue weighted by molar-refractivity contribution is 0.413. The zero-order valence-corrected chi connectivity index (χ0v) is 12.7. The third kappa shape index (κ3) is 3.67. The van der Waals surface area contributed by atoms with Gasteiger partial charge in [-0.3, -0.25) is 10.2 Å². The first kappa shape index (κ1) is 15.2. The van der Waals surface area contributed by atoms with Crippen molar-refractivity contribution in [2.24, 2.45) is 0 Å². The van der Waals surface area contributed by atoms with E-state index in [1.165, 1.54) is 0 Å². The smallest absolute Gasteiger partial charge is 0.348 e. The highest BCUT2D eigenvalue weighted by Crippen LogP contribution is 2.02. The van der Waals surface area contributed by atoms with Gasteiger partial charge < -0.3 is 15.2 Å². The van der Waals surface area contributed by atoms with Gasteiger partial charge in [0.2, 0.25) is 0 Å². The molecular formula is C13H17N5O2S. The van der Waals surface area contributed by atoms with Gasteiger partial charge in [0, 0.05) is 13.1 Å². The molecule has 0 aliphatic rings. The second-order valence-corrected chi connectivity index (χ2v) is 5.20. The minimum atomic E-state index is -0.560. The number of likely N-dealkylation sites (N-methyl/N-ethyl adjacent to an activating group) is 1. The van der Waals surface area contributed by atoms with Crippen LogP contribution in [0.3, 0.4) is 0 Å². The van der Waals surface area contributed by atoms with Gasteiger partial charge in [-0.1, -0.05) is 12.1 Å². The van der Waals surface area contributed by atoms with Gasteiger partial charge >= 0.3 is 5.69 Å². The molecule has 2 rings (SSSR count). The average Bonchev–Trinajstić information content (AvgIpc) is 2.43. The maximum Gasteiger partial charge on any atom is 0.348 e. The molecule has 21 heavy (non-hydrogen) atoms. The Morgan fingerprint density at radius 2 is 2.05 bits per heavy atom. The summed E-state index contributed by atoms with van der Waals surface area (Å²) < 4.78 is 0.868. The molecule has 0 saturated heterocycles. The molecule has 1 heterocycles. The number of aromatic nitrogens is 2. The van der Waals surface area contributed by atoms with E-state index in [2.05, 4.69) is 15.7 Å². The van der Waals surface area contributed by atoms with Crippen molar-refractivity contribution in [3.63, 3.8) is 0 Å². The summed E-state index contributed by atoms with van der Waals surface area (Å²) >= 11 is 5.08. The minimum absolute atomic E-state index is 0.222. The van der Waals surface area contributed by atoms with E-state index in [4.69, 9.17) is 12.2 Å². The van der Waals surface area contributed by atoms with E-state index in [0.717, 1.165) is 11.2 Å². The van der Waals surface area contributed by atoms with Crippen molar-refractivity contribution in [2.45, 2.75) is 0 Å². The van der Waals surface area contributed by atoms with Gasteiger partial charge in [0.15, 0.2) is 5.11 Å². The van der Waals surface area contributed by atoms with Crippen LogP contribution in [-0.2, 0) is 0 Å². The molecule has 0 atom stereocenters. The van der Waals surface area contributed by atoms with E-state index in [-0.39, 0.29) is 5.11 Å². The van der Waals surface area contributed by atoms with E-state index in [9.17, 15) is 9.59 Å². The predicted octanol–water partition coefficient (Wildman–Crippen LogP) is -0.331. The van der Waals surface area contributed by atoms with E-state index >= 15 is 0 Å². The molecule has 7 nitrogen and oxygen atoms in total. The number of fused-ring (bicyclic) bond motifs is 1. The summed E-state index contributed by atoms with van der Waals surface area (Å²) in [6, 6.07) is 6.81. The maximum absolute atomic E-state index is 12.3. The van der Waals surface area contributed by atoms with Crippen LogP contribution in [0.4, 0.5) is 0 Å². The number of thiocarbonyl (C=S) groups is 1. The van der Waals surface area contributed by atoms with Crippen molar-refractivity contribution in [2.75, 3.05) is 32.6 Å². The predicted molar refractivity (Wildman–Crippen MR) is 87.3 cm³/mol. The maximum atomic E-state index is 12.3. The number of para-hydroxylation sites is 1. The molecule has 8 heteroatoms. The van der Waals surface area contributed by atoms with Gasteiger partial charge in [-0.05, 0) is 38.4 Å². The van der Waals surface area contributed by atoms with Crippen LogP contribution in [0, 0.1) is 0 Å². The topological polar surface area (TPSA) is 82.2 Å². The van der Waals surface area contributed by atoms with Crippen molar-refractivity contribution >= 4 is 28.2 Å². The van der Waals surface area contributed by atoms with E-state index in [0.29, 0.717) is 17.4 Å². The Morgan fingerprint density at radius 3 is 2.76 bits per heavy atom. The van der Waals surface area contributed by atoms with Crippen LogP contribution in [-0.4, -0.2) is 46.9 Å². The van der Waals surface area contributed by atoms with Gasteiger partial charge in [0.05, 0.1) is 10.9 Å². The first-order valence-electron chi connectivity index (χ1n) is 6.42. The largest absolute Gasteiger partial charge is 0.360 e. The lowest BCUT2D eigenvalue weighted by Gasteiger charge is -2.14. The molecule has 1 aromatic heterocycles. The number of nitrogens with one attached hydrogen (secondary N) is 3. The summed E-state index contributed by atoms with van der Waals surface area (Å²) in [5.41, 5.74) is 2.11. The third-order valence-electron chi connectivity index (χ3n) is 2.86. The third-order valence-corrected chi connectivity index (χ3v) is 3.10. The fourth-order valence-electron chi connectivity index (χ4n) is 1.80. The average molecular weight is 307 g/mol. The molecule has 3 N–H and O–H groups in total. The summed E-state index contributed by atoms with van der Waals surface area (Å²) in [6.45, 7) is 1.39. The van der Waals surface area contributed by atoms with Crippen LogP contribution < -0.4 is 22.0 Å². The van der Waals surface area contributed by atoms with Crippen molar-refractivity contribution in [3.05, 3.63) is 45.1 Å². The van der Waals surface area contributed by atoms with Crippen LogP contribution in [0.2, 0.25) is 0 Å². The van der Waals surface area contributed by atoms with Crippen molar-refractivity contribution < 1.29 is 0 Å². The molecule has 1 aromatic carbocycles. The molecule has 0 aliphatic heterocycles. The SMILES string of the molecule is CN(C)CCNC(=S)Nn1c(=O)[nH]c2ccccc2c1=O. The number of hydrogen-bond donors (Lipinski definition) is 3. The van der Waals surface area contributed by atoms with Crippen molar-refractivity contribution in [3.8, 4) is 0 Å². The Balaban J connectivity index is 2.21. The molecule has 0 unspecified atom stereocenters. The summed E-state index contributed by atoms with van der Waals surface area (Å²) in [5.74, 6) is 0. The summed E-state index contributed by atoms with van der Waals surface area (Å²) in [5, 5.41) is 3.57. The monoisotopic (exact) mass is 307 g/mol. The molecule has 0 spiro atoms. The molecule has 0 fully saturated rings. The molecule has 0 radical (unpaired) electrons. The number of nitrogens with zero attached hydrogens (tertiary/aromatic N) is 2. The second kappa shape index (κ2) is 6.51. The highest BCUT2D eigenvalue weighted by molar-refractivity contribution is 7.80. The lowest BCUT2D eigenvalue weighted by Crippen LogP contribution is -2.47. The van der Waals surface area contributed by atoms with E-state index < -0.39 is 11.2 Å². The number of aromatic amines is 1. The Labute approximate surface area is 126 Å². The number of hydrogen-bond acceptors (Lipinski definition) is 4. The number of H-pyrrole nitrogens is 1. The quantitative estimate of drug-likeness (QED) is 0.671. The molecule has 0 amide bonds. The zero-order valence-electron chi connectivity index (χ0n) is 11.8. The van der Waals surface area contributed by atoms with Crippen LogP contribution in [0.1, 0.15) is 0 Å². The summed E-state index contributed by atoms with van der Waals surface area (Å²) in [6.07, 6.45) is 0. The van der Waals surface area contributed by atoms with Crippen LogP contribution in [0.25, 0.3) is 10.9 Å². The minimum Gasteiger partial charge on any atom is -0.360 e. The van der Waals surface area contributed by atoms with E-state index in [1.807, 2.05) is 19.0 Å². The Kier molecular flexibility index (Phi) is 4.71. The van der Waals surface area contributed by atoms with Gasteiger partial charge in [0.25, 0.3) is 5.56 Å². The first-order valence-corrected chi connectivity index (χ1v) is 6.83. The summed E-state index contributed by atoms with van der Waals surface area (Å²) in [4.78, 5) is 28.8. The van der Waals surface area contributed by atoms with Gasteiger partial charge in [0.1, 0.15) is 0 Å². The summed E-state index contributed by atoms with van der Waals surface area (Å²) in [7, 11) is 3.88. The van der Waals surface area contributed by atoms with Crippen LogP contribution >= 0.6 is 12.2 Å². The van der Waals surface area contributed by atoms with Gasteiger partial charge in [-0.15, -0.1) is 0 Å². The van der Waals surface area contributed by atoms with Crippen LogP contribution in [0.15, 0.2) is 33.9 Å². The fourth-order valence-corrected chi connectivity index (χ4v) is 1.99. The molecule has 2 aromatic rings. The normalized spacial score (nSPS) is 10.8. The van der Waals surface area contributed by atoms with Crippen molar-refractivity contribution in [1.82, 2.24) is 19.9 Å². The lowest BCUT2D eigenvalue weighted by atomic mass is 10.2. The fraction of sp³-hybridized carbons (Fsp3) is 0.308. The zero-order chi connectivity index (χ0) is 15.4. The van der Waals surface area contributed by atoms with Gasteiger partial charge in [-0.2, -0.15) is 4.68 Å². The molecule has 112 valence electrons. The Bertz CT molecular complexity index is 765. The highest BCUT2D eigenvalue weighted by Gasteiger charge is 2.08. The highest BCUT2D eigenvalue weighted by atomic mass is 32.1.